The average molecular weight is 442 g/mol. The van der Waals surface area contributed by atoms with Gasteiger partial charge in [-0.15, -0.1) is 0 Å². The molecule has 0 aliphatic carbocycles. The minimum absolute atomic E-state index is 0.332. The Kier molecular flexibility index (Phi) is 5.97. The molecule has 0 unspecified atom stereocenters. The van der Waals surface area contributed by atoms with Gasteiger partial charge in [0.05, 0.1) is 17.3 Å². The number of hydrogen-bond acceptors (Lipinski definition) is 5. The molecule has 2 aromatic carbocycles. The van der Waals surface area contributed by atoms with E-state index < -0.39 is 17.6 Å². The molecular weight excluding hydrogens is 422 g/mol. The SMILES string of the molecule is COCCCOc1cc2c(cc1Cl)-c1cc(=O)c(C(=O)O)cn1[C@@H](c1ccccc1)O2. The first kappa shape index (κ1) is 21.0. The molecule has 1 aromatic heterocycles. The minimum atomic E-state index is -1.30. The average Bonchev–Trinajstić information content (AvgIpc) is 2.76. The number of methoxy groups -OCH3 is 1. The largest absolute Gasteiger partial charge is 0.492 e. The van der Waals surface area contributed by atoms with E-state index in [1.807, 2.05) is 30.3 Å². The molecule has 4 rings (SSSR count). The first-order chi connectivity index (χ1) is 15.0. The van der Waals surface area contributed by atoms with E-state index >= 15 is 0 Å². The number of halogens is 1. The van der Waals surface area contributed by atoms with Crippen molar-refractivity contribution in [3.05, 3.63) is 81.1 Å². The van der Waals surface area contributed by atoms with Gasteiger partial charge in [0.25, 0.3) is 0 Å². The van der Waals surface area contributed by atoms with Crippen LogP contribution in [-0.2, 0) is 4.74 Å². The Morgan fingerprint density at radius 3 is 2.68 bits per heavy atom. The number of pyridine rings is 1. The summed E-state index contributed by atoms with van der Waals surface area (Å²) in [5.41, 5.74) is 0.968. The third-order valence-electron chi connectivity index (χ3n) is 4.95. The predicted molar refractivity (Wildman–Crippen MR) is 115 cm³/mol. The van der Waals surface area contributed by atoms with Gasteiger partial charge in [0.1, 0.15) is 17.1 Å². The molecule has 1 atom stereocenters. The molecule has 7 nitrogen and oxygen atoms in total. The van der Waals surface area contributed by atoms with Crippen LogP contribution in [0, 0.1) is 0 Å². The summed E-state index contributed by atoms with van der Waals surface area (Å²) in [6, 6.07) is 14.0. The van der Waals surface area contributed by atoms with Crippen LogP contribution in [0.1, 0.15) is 28.6 Å². The lowest BCUT2D eigenvalue weighted by Gasteiger charge is -2.32. The first-order valence-electron chi connectivity index (χ1n) is 9.66. The number of hydrogen-bond donors (Lipinski definition) is 1. The van der Waals surface area contributed by atoms with Crippen molar-refractivity contribution in [3.8, 4) is 22.8 Å². The lowest BCUT2D eigenvalue weighted by molar-refractivity contribution is 0.0693. The fourth-order valence-corrected chi connectivity index (χ4v) is 3.69. The maximum absolute atomic E-state index is 12.4. The van der Waals surface area contributed by atoms with E-state index in [2.05, 4.69) is 0 Å². The number of benzene rings is 2. The zero-order valence-corrected chi connectivity index (χ0v) is 17.5. The van der Waals surface area contributed by atoms with Crippen molar-refractivity contribution in [1.82, 2.24) is 4.57 Å². The zero-order chi connectivity index (χ0) is 22.0. The lowest BCUT2D eigenvalue weighted by Crippen LogP contribution is -2.27. The summed E-state index contributed by atoms with van der Waals surface area (Å²) in [5.74, 6) is -0.348. The highest BCUT2D eigenvalue weighted by Gasteiger charge is 2.29. The summed E-state index contributed by atoms with van der Waals surface area (Å²) < 4.78 is 18.7. The number of carbonyl (C=O) groups is 1. The maximum atomic E-state index is 12.4. The van der Waals surface area contributed by atoms with E-state index in [1.54, 1.807) is 23.8 Å². The summed E-state index contributed by atoms with van der Waals surface area (Å²) in [6.07, 6.45) is 1.35. The molecule has 2 heterocycles. The minimum Gasteiger partial charge on any atom is -0.492 e. The molecule has 1 aliphatic heterocycles. The summed E-state index contributed by atoms with van der Waals surface area (Å²) in [4.78, 5) is 24.0. The Labute approximate surface area is 183 Å². The third kappa shape index (κ3) is 4.15. The quantitative estimate of drug-likeness (QED) is 0.552. The van der Waals surface area contributed by atoms with E-state index in [1.165, 1.54) is 12.3 Å². The summed E-state index contributed by atoms with van der Waals surface area (Å²) >= 11 is 6.42. The van der Waals surface area contributed by atoms with Crippen LogP contribution in [0.2, 0.25) is 5.02 Å². The number of carboxylic acid groups (broad SMARTS) is 1. The van der Waals surface area contributed by atoms with Gasteiger partial charge >= 0.3 is 5.97 Å². The number of ether oxygens (including phenoxy) is 3. The second kappa shape index (κ2) is 8.83. The predicted octanol–water partition coefficient (Wildman–Crippen LogP) is 4.22. The van der Waals surface area contributed by atoms with E-state index in [4.69, 9.17) is 25.8 Å². The zero-order valence-electron chi connectivity index (χ0n) is 16.7. The molecule has 0 bridgehead atoms. The van der Waals surface area contributed by atoms with Gasteiger partial charge in [-0.3, -0.25) is 4.79 Å². The Bertz CT molecular complexity index is 1170. The van der Waals surface area contributed by atoms with E-state index in [0.29, 0.717) is 47.4 Å². The Morgan fingerprint density at radius 2 is 1.97 bits per heavy atom. The topological polar surface area (TPSA) is 87.0 Å². The molecule has 0 amide bonds. The fraction of sp³-hybridized carbons (Fsp3) is 0.217. The van der Waals surface area contributed by atoms with Crippen molar-refractivity contribution >= 4 is 17.6 Å². The van der Waals surface area contributed by atoms with Crippen molar-refractivity contribution in [2.75, 3.05) is 20.3 Å². The second-order valence-corrected chi connectivity index (χ2v) is 7.41. The van der Waals surface area contributed by atoms with E-state index in [0.717, 1.165) is 5.56 Å². The smallest absolute Gasteiger partial charge is 0.341 e. The van der Waals surface area contributed by atoms with Gasteiger partial charge in [-0.25, -0.2) is 4.79 Å². The van der Waals surface area contributed by atoms with Crippen LogP contribution in [0.3, 0.4) is 0 Å². The van der Waals surface area contributed by atoms with Gasteiger partial charge in [-0.05, 0) is 6.07 Å². The van der Waals surface area contributed by atoms with Gasteiger partial charge in [-0.2, -0.15) is 0 Å². The van der Waals surface area contributed by atoms with E-state index in [-0.39, 0.29) is 5.56 Å². The van der Waals surface area contributed by atoms with Crippen molar-refractivity contribution in [2.45, 2.75) is 12.6 Å². The highest BCUT2D eigenvalue weighted by molar-refractivity contribution is 6.32. The number of carboxylic acids is 1. The monoisotopic (exact) mass is 441 g/mol. The van der Waals surface area contributed by atoms with Crippen LogP contribution >= 0.6 is 11.6 Å². The van der Waals surface area contributed by atoms with Crippen LogP contribution in [0.25, 0.3) is 11.3 Å². The van der Waals surface area contributed by atoms with Crippen molar-refractivity contribution in [1.29, 1.82) is 0 Å². The number of aromatic carboxylic acids is 1. The number of rotatable bonds is 7. The molecule has 1 aliphatic rings. The van der Waals surface area contributed by atoms with Gasteiger partial charge < -0.3 is 23.9 Å². The Hall–Kier alpha value is -3.29. The lowest BCUT2D eigenvalue weighted by atomic mass is 10.0. The molecular formula is C23H20ClNO6. The second-order valence-electron chi connectivity index (χ2n) is 7.00. The maximum Gasteiger partial charge on any atom is 0.341 e. The van der Waals surface area contributed by atoms with Crippen LogP contribution in [0.15, 0.2) is 59.5 Å². The van der Waals surface area contributed by atoms with Crippen LogP contribution < -0.4 is 14.9 Å². The number of nitrogens with zero attached hydrogens (tertiary/aromatic N) is 1. The normalized spacial score (nSPS) is 14.3. The number of aromatic nitrogens is 1. The highest BCUT2D eigenvalue weighted by atomic mass is 35.5. The third-order valence-corrected chi connectivity index (χ3v) is 5.24. The Balaban J connectivity index is 1.83. The van der Waals surface area contributed by atoms with Crippen LogP contribution in [0.5, 0.6) is 11.5 Å². The fourth-order valence-electron chi connectivity index (χ4n) is 3.47. The van der Waals surface area contributed by atoms with Crippen LogP contribution in [-0.4, -0.2) is 36.0 Å². The Morgan fingerprint density at radius 1 is 1.19 bits per heavy atom. The van der Waals surface area contributed by atoms with Crippen molar-refractivity contribution < 1.29 is 24.1 Å². The molecule has 160 valence electrons. The molecule has 8 heteroatoms. The summed E-state index contributed by atoms with van der Waals surface area (Å²) in [5, 5.41) is 9.78. The molecule has 0 spiro atoms. The molecule has 0 radical (unpaired) electrons. The van der Waals surface area contributed by atoms with Crippen molar-refractivity contribution in [2.24, 2.45) is 0 Å². The molecule has 3 aromatic rings. The first-order valence-corrected chi connectivity index (χ1v) is 10.0. The van der Waals surface area contributed by atoms with Gasteiger partial charge in [0.15, 0.2) is 5.43 Å². The standard InChI is InChI=1S/C23H20ClNO6/c1-29-8-5-9-30-21-12-20-15(10-17(21)24)18-11-19(26)16(23(27)28)13-25(18)22(31-20)14-6-3-2-4-7-14/h2-4,6-7,10-13,22H,5,8-9H2,1H3,(H,27,28)/t22-/m1/s1. The molecule has 31 heavy (non-hydrogen) atoms. The summed E-state index contributed by atoms with van der Waals surface area (Å²) in [6.45, 7) is 0.990. The molecule has 0 saturated heterocycles. The summed E-state index contributed by atoms with van der Waals surface area (Å²) in [7, 11) is 1.62. The highest BCUT2D eigenvalue weighted by Crippen LogP contribution is 2.44. The van der Waals surface area contributed by atoms with E-state index in [9.17, 15) is 14.7 Å². The van der Waals surface area contributed by atoms with Gasteiger partial charge in [-0.1, -0.05) is 41.9 Å². The number of fused-ring (bicyclic) bond motifs is 3. The van der Waals surface area contributed by atoms with Gasteiger partial charge in [0.2, 0.25) is 6.23 Å². The molecule has 0 fully saturated rings. The molecule has 1 N–H and O–H groups in total. The molecule has 0 saturated carbocycles. The van der Waals surface area contributed by atoms with Gasteiger partial charge in [0, 0.05) is 49.6 Å². The van der Waals surface area contributed by atoms with Crippen LogP contribution in [0.4, 0.5) is 0 Å². The van der Waals surface area contributed by atoms with Crippen molar-refractivity contribution in [3.63, 3.8) is 0 Å².